The van der Waals surface area contributed by atoms with Crippen LogP contribution in [0.2, 0.25) is 5.02 Å². The molecular weight excluding hydrogens is 452 g/mol. The van der Waals surface area contributed by atoms with Crippen molar-refractivity contribution in [3.8, 4) is 0 Å². The number of hydrogen-bond donors (Lipinski definition) is 2. The van der Waals surface area contributed by atoms with Crippen LogP contribution in [0.5, 0.6) is 0 Å². The van der Waals surface area contributed by atoms with Crippen molar-refractivity contribution in [1.82, 2.24) is 9.55 Å². The summed E-state index contributed by atoms with van der Waals surface area (Å²) in [5.74, 6) is -0.196. The fraction of sp³-hybridized carbons (Fsp3) is 0.273. The van der Waals surface area contributed by atoms with Crippen LogP contribution < -0.4 is 9.62 Å². The quantitative estimate of drug-likeness (QED) is 0.598. The molecule has 0 fully saturated rings. The monoisotopic (exact) mass is 474 g/mol. The Labute approximate surface area is 191 Å². The molecule has 1 unspecified atom stereocenters. The van der Waals surface area contributed by atoms with E-state index in [4.69, 9.17) is 11.6 Å². The summed E-state index contributed by atoms with van der Waals surface area (Å²) in [4.78, 5) is 18.2. The third-order valence-corrected chi connectivity index (χ3v) is 7.14. The highest BCUT2D eigenvalue weighted by atomic mass is 35.5. The maximum atomic E-state index is 13.1. The van der Waals surface area contributed by atoms with Crippen molar-refractivity contribution >= 4 is 39.0 Å². The first-order chi connectivity index (χ1) is 14.9. The van der Waals surface area contributed by atoms with E-state index >= 15 is 0 Å². The van der Waals surface area contributed by atoms with Crippen molar-refractivity contribution in [1.29, 1.82) is 0 Å². The Bertz CT molecular complexity index is 1310. The largest absolute Gasteiger partial charge is 0.369 e. The lowest BCUT2D eigenvalue weighted by molar-refractivity contribution is 0.0932. The second-order valence-corrected chi connectivity index (χ2v) is 10.8. The summed E-state index contributed by atoms with van der Waals surface area (Å²) in [6, 6.07) is 9.46. The van der Waals surface area contributed by atoms with Crippen LogP contribution in [0, 0.1) is 0 Å². The Morgan fingerprint density at radius 2 is 1.78 bits per heavy atom. The molecule has 2 aromatic carbocycles. The van der Waals surface area contributed by atoms with E-state index in [0.29, 0.717) is 5.82 Å². The Kier molecular flexibility index (Phi) is 5.31. The number of carbonyl (C=O) groups excluding carboxylic acids is 1. The van der Waals surface area contributed by atoms with E-state index in [0.717, 1.165) is 10.5 Å². The van der Waals surface area contributed by atoms with E-state index in [1.807, 2.05) is 20.8 Å². The molecule has 3 aromatic rings. The smallest absolute Gasteiger partial charge is 0.263 e. The Hall–Kier alpha value is -2.88. The number of halogens is 1. The van der Waals surface area contributed by atoms with E-state index in [1.54, 1.807) is 23.7 Å². The van der Waals surface area contributed by atoms with Gasteiger partial charge in [-0.05, 0) is 35.2 Å². The predicted octanol–water partition coefficient (Wildman–Crippen LogP) is 3.82. The molecule has 0 saturated heterocycles. The molecule has 1 aliphatic heterocycles. The molecule has 2 N–H and O–H groups in total. The van der Waals surface area contributed by atoms with Crippen molar-refractivity contribution in [2.75, 3.05) is 9.62 Å². The molecule has 1 aliphatic rings. The van der Waals surface area contributed by atoms with Gasteiger partial charge in [0.15, 0.2) is 6.23 Å². The summed E-state index contributed by atoms with van der Waals surface area (Å²) in [6.07, 6.45) is 1.49. The molecule has 1 amide bonds. The number of rotatable bonds is 4. The van der Waals surface area contributed by atoms with Gasteiger partial charge in [0.05, 0.1) is 33.7 Å². The van der Waals surface area contributed by atoms with Crippen LogP contribution in [0.25, 0.3) is 0 Å². The number of sulfonamides is 1. The maximum Gasteiger partial charge on any atom is 0.263 e. The molecular formula is C22H23ClN4O4S. The van der Waals surface area contributed by atoms with E-state index in [-0.39, 0.29) is 32.1 Å². The van der Waals surface area contributed by atoms with Crippen LogP contribution in [0.15, 0.2) is 53.8 Å². The zero-order valence-corrected chi connectivity index (χ0v) is 19.6. The molecule has 32 heavy (non-hydrogen) atoms. The van der Waals surface area contributed by atoms with Gasteiger partial charge in [-0.3, -0.25) is 14.4 Å². The average Bonchev–Trinajstić information content (AvgIpc) is 3.24. The zero-order valence-electron chi connectivity index (χ0n) is 18.0. The Morgan fingerprint density at radius 1 is 1.12 bits per heavy atom. The molecule has 1 aromatic heterocycles. The van der Waals surface area contributed by atoms with Crippen LogP contribution >= 0.6 is 11.6 Å². The van der Waals surface area contributed by atoms with E-state index < -0.39 is 22.2 Å². The molecule has 10 heteroatoms. The molecule has 0 spiro atoms. The molecule has 0 saturated carbocycles. The minimum Gasteiger partial charge on any atom is -0.369 e. The first kappa shape index (κ1) is 22.3. The van der Waals surface area contributed by atoms with Gasteiger partial charge in [0.25, 0.3) is 15.9 Å². The number of hydrogen-bond acceptors (Lipinski definition) is 5. The van der Waals surface area contributed by atoms with Gasteiger partial charge in [0, 0.05) is 12.6 Å². The second-order valence-electron chi connectivity index (χ2n) is 8.68. The van der Waals surface area contributed by atoms with Gasteiger partial charge in [-0.1, -0.05) is 44.5 Å². The number of carbonyl (C=O) groups is 1. The summed E-state index contributed by atoms with van der Waals surface area (Å²) in [5.41, 5.74) is 1.10. The van der Waals surface area contributed by atoms with E-state index in [1.165, 1.54) is 36.8 Å². The summed E-state index contributed by atoms with van der Waals surface area (Å²) in [5, 5.41) is 11.1. The number of fused-ring (bicyclic) bond motifs is 1. The van der Waals surface area contributed by atoms with Crippen LogP contribution in [-0.2, 0) is 22.5 Å². The van der Waals surface area contributed by atoms with Gasteiger partial charge in [0.1, 0.15) is 5.82 Å². The summed E-state index contributed by atoms with van der Waals surface area (Å²) in [6.45, 7) is 6.12. The minimum atomic E-state index is -3.98. The summed E-state index contributed by atoms with van der Waals surface area (Å²) >= 11 is 6.26. The molecule has 0 radical (unpaired) electrons. The van der Waals surface area contributed by atoms with Crippen molar-refractivity contribution in [3.63, 3.8) is 0 Å². The lowest BCUT2D eigenvalue weighted by atomic mass is 9.87. The number of aliphatic hydroxyl groups excluding tert-OH is 1. The van der Waals surface area contributed by atoms with Crippen LogP contribution in [0.3, 0.4) is 0 Å². The number of benzene rings is 2. The van der Waals surface area contributed by atoms with E-state index in [9.17, 15) is 18.3 Å². The van der Waals surface area contributed by atoms with Crippen molar-refractivity contribution < 1.29 is 18.3 Å². The van der Waals surface area contributed by atoms with Crippen LogP contribution in [0.4, 0.5) is 11.5 Å². The average molecular weight is 475 g/mol. The molecule has 8 nitrogen and oxygen atoms in total. The Balaban J connectivity index is 1.73. The fourth-order valence-corrected chi connectivity index (χ4v) is 5.00. The molecule has 0 bridgehead atoms. The maximum absolute atomic E-state index is 13.1. The van der Waals surface area contributed by atoms with Crippen LogP contribution in [0.1, 0.15) is 48.5 Å². The number of nitrogens with zero attached hydrogens (tertiary/aromatic N) is 3. The number of aromatic nitrogens is 2. The standard InChI is InChI=1S/C22H23ClN4O4S/c1-22(2,3)13-5-7-14(8-6-13)32(30,31)25-16-10-9-15(23)18-19(16)21(29)27(20(18)28)17-11-24-12-26(17)4/h5-12,21,25,29H,1-4H3. The highest BCUT2D eigenvalue weighted by Crippen LogP contribution is 2.43. The highest BCUT2D eigenvalue weighted by molar-refractivity contribution is 7.92. The third-order valence-electron chi connectivity index (χ3n) is 5.44. The number of aryl methyl sites for hydroxylation is 1. The molecule has 0 aliphatic carbocycles. The first-order valence-corrected chi connectivity index (χ1v) is 11.7. The van der Waals surface area contributed by atoms with Crippen LogP contribution in [-0.4, -0.2) is 29.0 Å². The fourth-order valence-electron chi connectivity index (χ4n) is 3.68. The van der Waals surface area contributed by atoms with E-state index in [2.05, 4.69) is 9.71 Å². The van der Waals surface area contributed by atoms with Gasteiger partial charge in [-0.2, -0.15) is 0 Å². The normalized spacial score (nSPS) is 16.4. The minimum absolute atomic E-state index is 0.0450. The Morgan fingerprint density at radius 3 is 2.34 bits per heavy atom. The van der Waals surface area contributed by atoms with Crippen molar-refractivity contribution in [2.45, 2.75) is 37.3 Å². The summed E-state index contributed by atoms with van der Waals surface area (Å²) in [7, 11) is -2.30. The number of anilines is 2. The van der Waals surface area contributed by atoms with Gasteiger partial charge in [0.2, 0.25) is 0 Å². The number of imidazole rings is 1. The van der Waals surface area contributed by atoms with Gasteiger partial charge < -0.3 is 9.67 Å². The third kappa shape index (κ3) is 3.66. The topological polar surface area (TPSA) is 105 Å². The van der Waals surface area contributed by atoms with Crippen molar-refractivity contribution in [2.24, 2.45) is 7.05 Å². The molecule has 4 rings (SSSR count). The number of amides is 1. The number of aliphatic hydroxyl groups is 1. The van der Waals surface area contributed by atoms with Gasteiger partial charge in [-0.25, -0.2) is 13.4 Å². The lowest BCUT2D eigenvalue weighted by Gasteiger charge is -2.21. The molecule has 2 heterocycles. The lowest BCUT2D eigenvalue weighted by Crippen LogP contribution is -2.29. The van der Waals surface area contributed by atoms with Gasteiger partial charge in [-0.15, -0.1) is 0 Å². The molecule has 168 valence electrons. The second kappa shape index (κ2) is 7.61. The summed E-state index contributed by atoms with van der Waals surface area (Å²) < 4.78 is 30.2. The number of nitrogens with one attached hydrogen (secondary N) is 1. The first-order valence-electron chi connectivity index (χ1n) is 9.85. The highest BCUT2D eigenvalue weighted by Gasteiger charge is 2.42. The predicted molar refractivity (Wildman–Crippen MR) is 122 cm³/mol. The zero-order chi connectivity index (χ0) is 23.4. The SMILES string of the molecule is Cn1cncc1N1C(=O)c2c(Cl)ccc(NS(=O)(=O)c3ccc(C(C)(C)C)cc3)c2C1O. The molecule has 1 atom stereocenters. The van der Waals surface area contributed by atoms with Gasteiger partial charge >= 0.3 is 0 Å². The van der Waals surface area contributed by atoms with Crippen molar-refractivity contribution in [3.05, 3.63) is 70.6 Å².